The van der Waals surface area contributed by atoms with Gasteiger partial charge in [-0.1, -0.05) is 5.16 Å². The molecule has 1 aromatic carbocycles. The van der Waals surface area contributed by atoms with Gasteiger partial charge < -0.3 is 9.26 Å². The molecule has 2 aromatic rings. The summed E-state index contributed by atoms with van der Waals surface area (Å²) in [6.45, 7) is 2.26. The van der Waals surface area contributed by atoms with E-state index in [1.807, 2.05) is 6.92 Å². The van der Waals surface area contributed by atoms with E-state index in [1.54, 1.807) is 18.2 Å². The van der Waals surface area contributed by atoms with E-state index in [2.05, 4.69) is 9.68 Å². The zero-order chi connectivity index (χ0) is 10.7. The summed E-state index contributed by atoms with van der Waals surface area (Å²) < 4.78 is 23.2. The summed E-state index contributed by atoms with van der Waals surface area (Å²) in [4.78, 5) is 0. The second kappa shape index (κ2) is 4.13. The number of nitrogens with zero attached hydrogens (tertiary/aromatic N) is 1. The van der Waals surface area contributed by atoms with Crippen LogP contribution in [0.2, 0.25) is 0 Å². The minimum absolute atomic E-state index is 0.254. The van der Waals surface area contributed by atoms with E-state index in [0.29, 0.717) is 17.9 Å². The van der Waals surface area contributed by atoms with E-state index in [4.69, 9.17) is 4.74 Å². The first-order valence-corrected chi connectivity index (χ1v) is 4.64. The minimum Gasteiger partial charge on any atom is -0.491 e. The molecule has 0 aliphatic rings. The number of hydrogen-bond donors (Lipinski definition) is 0. The van der Waals surface area contributed by atoms with Crippen LogP contribution in [0, 0.1) is 5.82 Å². The molecule has 0 fully saturated rings. The van der Waals surface area contributed by atoms with Crippen molar-refractivity contribution in [3.05, 3.63) is 36.3 Å². The molecule has 4 heteroatoms. The molecule has 3 nitrogen and oxygen atoms in total. The molecule has 78 valence electrons. The molecular formula is C11H10FNO2. The fourth-order valence-electron chi connectivity index (χ4n) is 1.29. The molecule has 0 bridgehead atoms. The maximum absolute atomic E-state index is 13.4. The number of ether oxygens (including phenoxy) is 1. The predicted octanol–water partition coefficient (Wildman–Crippen LogP) is 2.88. The van der Waals surface area contributed by atoms with Gasteiger partial charge in [-0.05, 0) is 25.1 Å². The van der Waals surface area contributed by atoms with Gasteiger partial charge in [-0.25, -0.2) is 4.39 Å². The van der Waals surface area contributed by atoms with Gasteiger partial charge in [0, 0.05) is 11.6 Å². The van der Waals surface area contributed by atoms with Crippen molar-refractivity contribution in [3.63, 3.8) is 0 Å². The first-order valence-electron chi connectivity index (χ1n) is 4.64. The number of halogens is 1. The molecule has 0 spiro atoms. The molecule has 1 heterocycles. The number of rotatable bonds is 3. The first-order chi connectivity index (χ1) is 7.31. The molecule has 0 aliphatic carbocycles. The van der Waals surface area contributed by atoms with Gasteiger partial charge in [-0.2, -0.15) is 0 Å². The molecule has 0 atom stereocenters. The summed E-state index contributed by atoms with van der Waals surface area (Å²) in [7, 11) is 0. The fraction of sp³-hybridized carbons (Fsp3) is 0.182. The summed E-state index contributed by atoms with van der Waals surface area (Å²) in [6, 6.07) is 6.38. The van der Waals surface area contributed by atoms with Crippen LogP contribution < -0.4 is 4.74 Å². The van der Waals surface area contributed by atoms with Crippen molar-refractivity contribution in [2.45, 2.75) is 6.92 Å². The van der Waals surface area contributed by atoms with Gasteiger partial charge in [0.1, 0.15) is 12.0 Å². The first kappa shape index (κ1) is 9.71. The van der Waals surface area contributed by atoms with Crippen LogP contribution in [0.5, 0.6) is 5.75 Å². The van der Waals surface area contributed by atoms with Crippen molar-refractivity contribution in [2.75, 3.05) is 6.61 Å². The average molecular weight is 207 g/mol. The Balaban J connectivity index is 2.33. The lowest BCUT2D eigenvalue weighted by Gasteiger charge is -2.04. The van der Waals surface area contributed by atoms with Crippen LogP contribution in [0.4, 0.5) is 4.39 Å². The van der Waals surface area contributed by atoms with E-state index < -0.39 is 5.82 Å². The smallest absolute Gasteiger partial charge is 0.165 e. The summed E-state index contributed by atoms with van der Waals surface area (Å²) in [6.07, 6.45) is 1.45. The SMILES string of the molecule is CCOc1ccc(-c2ccon2)cc1F. The van der Waals surface area contributed by atoms with E-state index in [-0.39, 0.29) is 5.75 Å². The lowest BCUT2D eigenvalue weighted by molar-refractivity contribution is 0.321. The van der Waals surface area contributed by atoms with E-state index in [0.717, 1.165) is 0 Å². The van der Waals surface area contributed by atoms with Gasteiger partial charge in [0.25, 0.3) is 0 Å². The Hall–Kier alpha value is -1.84. The van der Waals surface area contributed by atoms with Gasteiger partial charge in [0.05, 0.1) is 6.61 Å². The molecule has 2 rings (SSSR count). The Morgan fingerprint density at radius 3 is 2.87 bits per heavy atom. The molecule has 0 unspecified atom stereocenters. The molecule has 15 heavy (non-hydrogen) atoms. The molecule has 0 saturated heterocycles. The van der Waals surface area contributed by atoms with Gasteiger partial charge in [0.2, 0.25) is 0 Å². The maximum atomic E-state index is 13.4. The molecule has 0 aliphatic heterocycles. The predicted molar refractivity (Wildman–Crippen MR) is 53.1 cm³/mol. The highest BCUT2D eigenvalue weighted by atomic mass is 19.1. The summed E-state index contributed by atoms with van der Waals surface area (Å²) in [5, 5.41) is 3.72. The number of hydrogen-bond acceptors (Lipinski definition) is 3. The van der Waals surface area contributed by atoms with Crippen molar-refractivity contribution in [3.8, 4) is 17.0 Å². The number of aromatic nitrogens is 1. The Morgan fingerprint density at radius 2 is 2.27 bits per heavy atom. The second-order valence-corrected chi connectivity index (χ2v) is 2.96. The molecule has 1 aromatic heterocycles. The lowest BCUT2D eigenvalue weighted by Crippen LogP contribution is -1.94. The topological polar surface area (TPSA) is 35.3 Å². The fourth-order valence-corrected chi connectivity index (χ4v) is 1.29. The number of benzene rings is 1. The molecule has 0 radical (unpaired) electrons. The molecule has 0 saturated carbocycles. The summed E-state index contributed by atoms with van der Waals surface area (Å²) in [5.74, 6) is -0.137. The van der Waals surface area contributed by atoms with Crippen molar-refractivity contribution in [2.24, 2.45) is 0 Å². The summed E-state index contributed by atoms with van der Waals surface area (Å²) >= 11 is 0. The Labute approximate surface area is 86.5 Å². The average Bonchev–Trinajstić information content (AvgIpc) is 2.74. The minimum atomic E-state index is -0.391. The third-order valence-electron chi connectivity index (χ3n) is 1.97. The van der Waals surface area contributed by atoms with Crippen LogP contribution in [-0.4, -0.2) is 11.8 Å². The molecule has 0 amide bonds. The second-order valence-electron chi connectivity index (χ2n) is 2.96. The Morgan fingerprint density at radius 1 is 1.40 bits per heavy atom. The van der Waals surface area contributed by atoms with Crippen LogP contribution >= 0.6 is 0 Å². The van der Waals surface area contributed by atoms with E-state index in [9.17, 15) is 4.39 Å². The molecule has 0 N–H and O–H groups in total. The lowest BCUT2D eigenvalue weighted by atomic mass is 10.1. The largest absolute Gasteiger partial charge is 0.491 e. The highest BCUT2D eigenvalue weighted by molar-refractivity contribution is 5.59. The Bertz CT molecular complexity index is 440. The monoisotopic (exact) mass is 207 g/mol. The standard InChI is InChI=1S/C11H10FNO2/c1-2-14-11-4-3-8(7-9(11)12)10-5-6-15-13-10/h3-7H,2H2,1H3. The highest BCUT2D eigenvalue weighted by Crippen LogP contribution is 2.24. The van der Waals surface area contributed by atoms with Gasteiger partial charge in [-0.3, -0.25) is 0 Å². The van der Waals surface area contributed by atoms with Gasteiger partial charge in [-0.15, -0.1) is 0 Å². The third kappa shape index (κ3) is 1.98. The van der Waals surface area contributed by atoms with Crippen LogP contribution in [-0.2, 0) is 0 Å². The van der Waals surface area contributed by atoms with Crippen LogP contribution in [0.3, 0.4) is 0 Å². The zero-order valence-electron chi connectivity index (χ0n) is 8.24. The normalized spacial score (nSPS) is 10.3. The third-order valence-corrected chi connectivity index (χ3v) is 1.97. The van der Waals surface area contributed by atoms with Crippen molar-refractivity contribution in [1.82, 2.24) is 5.16 Å². The maximum Gasteiger partial charge on any atom is 0.165 e. The quantitative estimate of drug-likeness (QED) is 0.776. The van der Waals surface area contributed by atoms with Gasteiger partial charge in [0.15, 0.2) is 11.6 Å². The van der Waals surface area contributed by atoms with Crippen molar-refractivity contribution >= 4 is 0 Å². The highest BCUT2D eigenvalue weighted by Gasteiger charge is 2.07. The van der Waals surface area contributed by atoms with Crippen molar-refractivity contribution in [1.29, 1.82) is 0 Å². The van der Waals surface area contributed by atoms with E-state index in [1.165, 1.54) is 12.3 Å². The summed E-state index contributed by atoms with van der Waals surface area (Å²) in [5.41, 5.74) is 1.28. The zero-order valence-corrected chi connectivity index (χ0v) is 8.24. The van der Waals surface area contributed by atoms with E-state index >= 15 is 0 Å². The van der Waals surface area contributed by atoms with Gasteiger partial charge >= 0.3 is 0 Å². The van der Waals surface area contributed by atoms with Crippen molar-refractivity contribution < 1.29 is 13.7 Å². The van der Waals surface area contributed by atoms with Crippen LogP contribution in [0.1, 0.15) is 6.92 Å². The van der Waals surface area contributed by atoms with Crippen LogP contribution in [0.15, 0.2) is 35.1 Å². The van der Waals surface area contributed by atoms with Crippen LogP contribution in [0.25, 0.3) is 11.3 Å². The Kier molecular flexibility index (Phi) is 2.67. The molecular weight excluding hydrogens is 197 g/mol.